The molecular formula is C3H5S2Si. The summed E-state index contributed by atoms with van der Waals surface area (Å²) < 4.78 is 0. The number of hydrogen-bond acceptors (Lipinski definition) is 2. The molecule has 1 atom stereocenters. The normalized spacial score (nSPS) is 34.5. The summed E-state index contributed by atoms with van der Waals surface area (Å²) in [6.45, 7) is 0. The van der Waals surface area contributed by atoms with Crippen LogP contribution in [0, 0.1) is 0 Å². The minimum atomic E-state index is 0.731. The Balaban J connectivity index is 2.18. The van der Waals surface area contributed by atoms with Gasteiger partial charge in [-0.25, -0.2) is 0 Å². The molecule has 0 nitrogen and oxygen atoms in total. The highest BCUT2D eigenvalue weighted by atomic mass is 33.1. The Morgan fingerprint density at radius 3 is 2.67 bits per heavy atom. The van der Waals surface area contributed by atoms with Gasteiger partial charge in [0.25, 0.3) is 0 Å². The third-order valence-corrected chi connectivity index (χ3v) is 4.41. The fourth-order valence-electron chi connectivity index (χ4n) is 0.334. The molecule has 0 aromatic heterocycles. The minimum Gasteiger partial charge on any atom is -0.0947 e. The first-order chi connectivity index (χ1) is 2.89. The van der Waals surface area contributed by atoms with E-state index in [1.54, 1.807) is 0 Å². The van der Waals surface area contributed by atoms with Crippen molar-refractivity contribution in [2.24, 2.45) is 0 Å². The van der Waals surface area contributed by atoms with E-state index in [0.29, 0.717) is 0 Å². The van der Waals surface area contributed by atoms with Gasteiger partial charge in [-0.05, 0) is 6.42 Å². The molecule has 1 aliphatic rings. The Labute approximate surface area is 49.3 Å². The van der Waals surface area contributed by atoms with E-state index in [0.717, 1.165) is 4.87 Å². The molecule has 0 aliphatic carbocycles. The van der Waals surface area contributed by atoms with Crippen LogP contribution in [0.5, 0.6) is 0 Å². The third kappa shape index (κ3) is 1.20. The average Bonchev–Trinajstić information content (AvgIpc) is 1.86. The van der Waals surface area contributed by atoms with E-state index in [4.69, 9.17) is 0 Å². The Morgan fingerprint density at radius 1 is 1.67 bits per heavy atom. The van der Waals surface area contributed by atoms with E-state index in [-0.39, 0.29) is 0 Å². The van der Waals surface area contributed by atoms with Crippen LogP contribution >= 0.6 is 21.6 Å². The SMILES string of the molecule is [Si]C1CCSS1. The second kappa shape index (κ2) is 2.28. The van der Waals surface area contributed by atoms with Crippen LogP contribution < -0.4 is 0 Å². The van der Waals surface area contributed by atoms with Crippen molar-refractivity contribution >= 4 is 31.8 Å². The molecule has 1 fully saturated rings. The first-order valence-corrected chi connectivity index (χ1v) is 4.85. The lowest BCUT2D eigenvalue weighted by Gasteiger charge is -1.88. The van der Waals surface area contributed by atoms with Gasteiger partial charge in [-0.3, -0.25) is 0 Å². The Morgan fingerprint density at radius 2 is 2.50 bits per heavy atom. The summed E-state index contributed by atoms with van der Waals surface area (Å²) in [5, 5.41) is 0. The van der Waals surface area contributed by atoms with Crippen molar-refractivity contribution in [3.8, 4) is 0 Å². The van der Waals surface area contributed by atoms with Gasteiger partial charge < -0.3 is 0 Å². The van der Waals surface area contributed by atoms with Crippen LogP contribution in [0.4, 0.5) is 0 Å². The molecule has 0 bridgehead atoms. The van der Waals surface area contributed by atoms with Crippen molar-refractivity contribution in [2.75, 3.05) is 5.75 Å². The zero-order chi connectivity index (χ0) is 4.41. The molecule has 1 unspecified atom stereocenters. The lowest BCUT2D eigenvalue weighted by molar-refractivity contribution is 1.08. The molecule has 33 valence electrons. The quantitative estimate of drug-likeness (QED) is 0.360. The maximum atomic E-state index is 3.52. The molecule has 3 heteroatoms. The predicted octanol–water partition coefficient (Wildman–Crippen LogP) is 1.27. The van der Waals surface area contributed by atoms with E-state index in [9.17, 15) is 0 Å². The Kier molecular flexibility index (Phi) is 1.93. The standard InChI is InChI=1S/C3H5S2Si/c6-3-1-2-4-5-3/h3H,1-2H2. The third-order valence-electron chi connectivity index (χ3n) is 0.648. The van der Waals surface area contributed by atoms with Crippen LogP contribution in [0.25, 0.3) is 0 Å². The van der Waals surface area contributed by atoms with Gasteiger partial charge in [0.2, 0.25) is 0 Å². The van der Waals surface area contributed by atoms with Crippen LogP contribution in [0.2, 0.25) is 0 Å². The zero-order valence-electron chi connectivity index (χ0n) is 3.31. The van der Waals surface area contributed by atoms with Crippen molar-refractivity contribution in [1.29, 1.82) is 0 Å². The van der Waals surface area contributed by atoms with Gasteiger partial charge in [-0.15, -0.1) is 0 Å². The van der Waals surface area contributed by atoms with Crippen molar-refractivity contribution in [3.63, 3.8) is 0 Å². The summed E-state index contributed by atoms with van der Waals surface area (Å²) >= 11 is 0. The van der Waals surface area contributed by atoms with Crippen molar-refractivity contribution in [2.45, 2.75) is 11.3 Å². The Hall–Kier alpha value is 0.917. The van der Waals surface area contributed by atoms with Gasteiger partial charge in [0.15, 0.2) is 0 Å². The second-order valence-electron chi connectivity index (χ2n) is 1.20. The van der Waals surface area contributed by atoms with Gasteiger partial charge in [0.05, 0.1) is 0 Å². The first kappa shape index (κ1) is 5.06. The van der Waals surface area contributed by atoms with E-state index in [1.165, 1.54) is 12.2 Å². The topological polar surface area (TPSA) is 0 Å². The zero-order valence-corrected chi connectivity index (χ0v) is 5.94. The monoisotopic (exact) mass is 133 g/mol. The molecule has 0 saturated carbocycles. The highest BCUT2D eigenvalue weighted by Crippen LogP contribution is 2.35. The summed E-state index contributed by atoms with van der Waals surface area (Å²) in [7, 11) is 7.40. The molecule has 0 spiro atoms. The lowest BCUT2D eigenvalue weighted by atomic mass is 10.6. The van der Waals surface area contributed by atoms with Gasteiger partial charge in [0.1, 0.15) is 0 Å². The molecule has 0 amide bonds. The lowest BCUT2D eigenvalue weighted by Crippen LogP contribution is -1.92. The highest BCUT2D eigenvalue weighted by molar-refractivity contribution is 8.77. The molecule has 1 rings (SSSR count). The van der Waals surface area contributed by atoms with E-state index < -0.39 is 0 Å². The van der Waals surface area contributed by atoms with E-state index >= 15 is 0 Å². The average molecular weight is 133 g/mol. The molecule has 0 N–H and O–H groups in total. The summed E-state index contributed by atoms with van der Waals surface area (Å²) in [6, 6.07) is 0. The van der Waals surface area contributed by atoms with Crippen LogP contribution in [0.1, 0.15) is 6.42 Å². The van der Waals surface area contributed by atoms with Gasteiger partial charge in [0, 0.05) is 20.9 Å². The maximum absolute atomic E-state index is 3.52. The highest BCUT2D eigenvalue weighted by Gasteiger charge is 2.09. The molecule has 0 aromatic carbocycles. The summed E-state index contributed by atoms with van der Waals surface area (Å²) in [5.74, 6) is 1.32. The fraction of sp³-hybridized carbons (Fsp3) is 1.00. The number of rotatable bonds is 0. The maximum Gasteiger partial charge on any atom is 0.0427 e. The van der Waals surface area contributed by atoms with Crippen LogP contribution in [0.15, 0.2) is 0 Å². The molecule has 1 saturated heterocycles. The van der Waals surface area contributed by atoms with Gasteiger partial charge in [-0.1, -0.05) is 21.6 Å². The first-order valence-electron chi connectivity index (χ1n) is 1.89. The second-order valence-corrected chi connectivity index (χ2v) is 5.00. The minimum absolute atomic E-state index is 0.731. The van der Waals surface area contributed by atoms with Crippen LogP contribution in [0.3, 0.4) is 0 Å². The van der Waals surface area contributed by atoms with E-state index in [1.807, 2.05) is 21.6 Å². The van der Waals surface area contributed by atoms with Crippen LogP contribution in [-0.2, 0) is 0 Å². The Bertz CT molecular complexity index is 42.1. The van der Waals surface area contributed by atoms with Crippen LogP contribution in [-0.4, -0.2) is 20.9 Å². The van der Waals surface area contributed by atoms with Crippen molar-refractivity contribution in [3.05, 3.63) is 0 Å². The van der Waals surface area contributed by atoms with Gasteiger partial charge >= 0.3 is 0 Å². The van der Waals surface area contributed by atoms with Gasteiger partial charge in [-0.2, -0.15) is 0 Å². The smallest absolute Gasteiger partial charge is 0.0427 e. The molecule has 3 radical (unpaired) electrons. The van der Waals surface area contributed by atoms with E-state index in [2.05, 4.69) is 10.2 Å². The number of hydrogen-bond donors (Lipinski definition) is 0. The van der Waals surface area contributed by atoms with Crippen molar-refractivity contribution < 1.29 is 0 Å². The summed E-state index contributed by atoms with van der Waals surface area (Å²) in [5.41, 5.74) is 0. The molecular weight excluding hydrogens is 128 g/mol. The largest absolute Gasteiger partial charge is 0.0947 e. The molecule has 6 heavy (non-hydrogen) atoms. The fourth-order valence-corrected chi connectivity index (χ4v) is 3.61. The molecule has 0 aromatic rings. The molecule has 1 heterocycles. The summed E-state index contributed by atoms with van der Waals surface area (Å²) in [6.07, 6.45) is 1.33. The molecule has 1 aliphatic heterocycles. The van der Waals surface area contributed by atoms with Crippen molar-refractivity contribution in [1.82, 2.24) is 0 Å². The predicted molar refractivity (Wildman–Crippen MR) is 34.2 cm³/mol. The summed E-state index contributed by atoms with van der Waals surface area (Å²) in [4.78, 5) is 0.731.